The first-order valence-corrected chi connectivity index (χ1v) is 32.1. The predicted octanol–water partition coefficient (Wildman–Crippen LogP) is 8.38. The molecular formula is C52H77N8O9PSi2. The number of nitrogens with zero attached hydrogens (tertiary/aromatic N) is 5. The summed E-state index contributed by atoms with van der Waals surface area (Å²) in [5.41, 5.74) is 1.16. The van der Waals surface area contributed by atoms with Crippen LogP contribution in [0.2, 0.25) is 36.3 Å². The van der Waals surface area contributed by atoms with E-state index in [1.165, 1.54) is 44.7 Å². The van der Waals surface area contributed by atoms with Crippen molar-refractivity contribution in [1.82, 2.24) is 28.8 Å². The van der Waals surface area contributed by atoms with Crippen LogP contribution in [0.3, 0.4) is 0 Å². The number of hydrogen-bond donors (Lipinski definition) is 3. The van der Waals surface area contributed by atoms with E-state index in [1.54, 1.807) is 23.7 Å². The molecule has 17 nitrogen and oxygen atoms in total. The van der Waals surface area contributed by atoms with E-state index < -0.39 is 60.0 Å². The topological polar surface area (TPSA) is 193 Å². The van der Waals surface area contributed by atoms with Crippen molar-refractivity contribution < 1.29 is 41.9 Å². The molecule has 1 saturated heterocycles. The highest BCUT2D eigenvalue weighted by molar-refractivity contribution is 7.49. The first-order chi connectivity index (χ1) is 33.9. The van der Waals surface area contributed by atoms with Crippen LogP contribution in [0.15, 0.2) is 109 Å². The summed E-state index contributed by atoms with van der Waals surface area (Å²) in [5, 5.41) is 3.19. The summed E-state index contributed by atoms with van der Waals surface area (Å²) in [6, 6.07) is 25.3. The Labute approximate surface area is 427 Å². The Morgan fingerprint density at radius 1 is 0.778 bits per heavy atom. The molecule has 3 N–H and O–H groups in total. The van der Waals surface area contributed by atoms with E-state index in [9.17, 15) is 14.3 Å². The van der Waals surface area contributed by atoms with Gasteiger partial charge in [0, 0.05) is 12.4 Å². The summed E-state index contributed by atoms with van der Waals surface area (Å²) < 4.78 is 54.3. The van der Waals surface area contributed by atoms with Crippen LogP contribution >= 0.6 is 7.75 Å². The summed E-state index contributed by atoms with van der Waals surface area (Å²) in [6.45, 7) is 31.5. The molecule has 1 unspecified atom stereocenters. The highest BCUT2D eigenvalue weighted by Crippen LogP contribution is 2.48. The number of anilines is 1. The molecular weight excluding hydrogens is 968 g/mol. The number of nitrogens with one attached hydrogen (secondary N) is 3. The van der Waals surface area contributed by atoms with Gasteiger partial charge in [0.05, 0.1) is 46.8 Å². The summed E-state index contributed by atoms with van der Waals surface area (Å²) in [6.07, 6.45) is 1.81. The fraction of sp³-hybridized carbons (Fsp3) is 0.500. The smallest absolute Gasteiger partial charge is 0.280 e. The third kappa shape index (κ3) is 12.2. The Bertz CT molecular complexity index is 2720. The minimum absolute atomic E-state index is 0.0650. The van der Waals surface area contributed by atoms with Crippen molar-refractivity contribution in [3.63, 3.8) is 0 Å². The van der Waals surface area contributed by atoms with Crippen molar-refractivity contribution in [1.29, 1.82) is 0 Å². The molecule has 72 heavy (non-hydrogen) atoms. The Hall–Kier alpha value is -4.96. The summed E-state index contributed by atoms with van der Waals surface area (Å²) in [4.78, 5) is 45.9. The van der Waals surface area contributed by atoms with Crippen LogP contribution in [0.1, 0.15) is 85.2 Å². The molecule has 20 heteroatoms. The Balaban J connectivity index is 0.00000113. The zero-order valence-electron chi connectivity index (χ0n) is 44.8. The number of aromatic amines is 1. The maximum absolute atomic E-state index is 14.3. The number of methoxy groups -OCH3 is 2. The fourth-order valence-electron chi connectivity index (χ4n) is 8.19. The number of H-pyrrole nitrogens is 1. The second-order valence-electron chi connectivity index (χ2n) is 21.2. The minimum Gasteiger partial charge on any atom is -0.761 e. The molecule has 0 aliphatic carbocycles. The van der Waals surface area contributed by atoms with E-state index in [4.69, 9.17) is 32.6 Å². The van der Waals surface area contributed by atoms with Gasteiger partial charge in [0.25, 0.3) is 5.56 Å². The third-order valence-corrected chi connectivity index (χ3v) is 24.9. The number of ether oxygens (including phenoxy) is 3. The summed E-state index contributed by atoms with van der Waals surface area (Å²) in [7, 11) is -6.65. The molecule has 3 aromatic carbocycles. The van der Waals surface area contributed by atoms with Gasteiger partial charge in [-0.1, -0.05) is 96.1 Å². The van der Waals surface area contributed by atoms with Crippen molar-refractivity contribution in [3.05, 3.63) is 131 Å². The average Bonchev–Trinajstić information content (AvgIpc) is 4.11. The van der Waals surface area contributed by atoms with Crippen molar-refractivity contribution in [2.75, 3.05) is 45.8 Å². The van der Waals surface area contributed by atoms with Crippen molar-refractivity contribution in [2.24, 2.45) is 0 Å². The largest absolute Gasteiger partial charge is 0.761 e. The second-order valence-corrected chi connectivity index (χ2v) is 32.4. The van der Waals surface area contributed by atoms with Gasteiger partial charge in [-0.05, 0) is 98.0 Å². The number of quaternary nitrogens is 1. The molecule has 0 saturated carbocycles. The number of hydrogen-bond acceptors (Lipinski definition) is 13. The lowest BCUT2D eigenvalue weighted by molar-refractivity contribution is -0.894. The number of aromatic nitrogens is 6. The second kappa shape index (κ2) is 22.7. The lowest BCUT2D eigenvalue weighted by Gasteiger charge is -2.44. The molecule has 0 spiro atoms. The van der Waals surface area contributed by atoms with Crippen LogP contribution in [-0.2, 0) is 28.2 Å². The van der Waals surface area contributed by atoms with Gasteiger partial charge in [0.15, 0.2) is 34.0 Å². The normalized spacial score (nSPS) is 18.7. The van der Waals surface area contributed by atoms with Gasteiger partial charge < -0.3 is 42.7 Å². The number of fused-ring (bicyclic) bond motifs is 1. The average molecular weight is 1050 g/mol. The molecule has 6 aromatic rings. The van der Waals surface area contributed by atoms with Crippen LogP contribution < -0.4 is 30.1 Å². The number of benzene rings is 3. The van der Waals surface area contributed by atoms with E-state index in [-0.39, 0.29) is 33.8 Å². The van der Waals surface area contributed by atoms with Gasteiger partial charge in [0.2, 0.25) is 13.7 Å². The first kappa shape index (κ1) is 56.3. The zero-order valence-corrected chi connectivity index (χ0v) is 47.7. The van der Waals surface area contributed by atoms with Crippen molar-refractivity contribution in [2.45, 2.75) is 129 Å². The molecule has 392 valence electrons. The first-order valence-electron chi connectivity index (χ1n) is 24.7. The minimum atomic E-state index is -4.64. The van der Waals surface area contributed by atoms with Gasteiger partial charge in [0.1, 0.15) is 41.7 Å². The van der Waals surface area contributed by atoms with E-state index in [2.05, 4.69) is 109 Å². The van der Waals surface area contributed by atoms with Gasteiger partial charge in [-0.3, -0.25) is 23.2 Å². The lowest BCUT2D eigenvalue weighted by Crippen LogP contribution is -3.11. The van der Waals surface area contributed by atoms with Gasteiger partial charge in [-0.2, -0.15) is 4.98 Å². The molecule has 1 aliphatic heterocycles. The van der Waals surface area contributed by atoms with Gasteiger partial charge in [-0.25, -0.2) is 9.97 Å². The van der Waals surface area contributed by atoms with Gasteiger partial charge >= 0.3 is 0 Å². The Kier molecular flexibility index (Phi) is 17.7. The van der Waals surface area contributed by atoms with E-state index in [0.717, 1.165) is 21.0 Å². The zero-order chi connectivity index (χ0) is 52.9. The monoisotopic (exact) mass is 1040 g/mol. The Morgan fingerprint density at radius 3 is 1.75 bits per heavy atom. The summed E-state index contributed by atoms with van der Waals surface area (Å²) >= 11 is 0. The molecule has 0 radical (unpaired) electrons. The summed E-state index contributed by atoms with van der Waals surface area (Å²) in [5.74, 6) is 1.49. The maximum Gasteiger partial charge on any atom is 0.280 e. The van der Waals surface area contributed by atoms with E-state index in [0.29, 0.717) is 11.5 Å². The fourth-order valence-corrected chi connectivity index (χ4v) is 11.7. The number of imidazole rings is 2. The Morgan fingerprint density at radius 2 is 1.29 bits per heavy atom. The molecule has 0 bridgehead atoms. The highest BCUT2D eigenvalue weighted by atomic mass is 31.2. The molecule has 3 aromatic heterocycles. The van der Waals surface area contributed by atoms with Crippen molar-refractivity contribution in [3.8, 4) is 11.5 Å². The molecule has 1 fully saturated rings. The van der Waals surface area contributed by atoms with Crippen LogP contribution in [0.5, 0.6) is 11.5 Å². The number of rotatable bonds is 19. The molecule has 7 rings (SSSR count). The lowest BCUT2D eigenvalue weighted by atomic mass is 9.77. The van der Waals surface area contributed by atoms with Crippen LogP contribution in [0, 0.1) is 0 Å². The third-order valence-electron chi connectivity index (χ3n) is 14.7. The van der Waals surface area contributed by atoms with Crippen molar-refractivity contribution >= 4 is 41.5 Å². The van der Waals surface area contributed by atoms with E-state index >= 15 is 0 Å². The quantitative estimate of drug-likeness (QED) is 0.0398. The predicted molar refractivity (Wildman–Crippen MR) is 286 cm³/mol. The van der Waals surface area contributed by atoms with E-state index in [1.807, 2.05) is 78.9 Å². The van der Waals surface area contributed by atoms with Crippen LogP contribution in [-0.4, -0.2) is 104 Å². The molecule has 0 amide bonds. The SMILES string of the molecule is CC[NH+](CC)CC.COc1ccc(C(Nc2nc3c(ncn3[C@@H]3O[C@H](COP(=O)([O-])n4ccnc4)[C@@H](O[Si](C)(C)C(C)(C)C)[C@H]3O[Si](C)(C)C(C)(C)C)c(=O)[nH]2)(c2ccccc2)c2ccc(OC)cc2)cc1. The molecule has 1 aliphatic rings. The van der Waals surface area contributed by atoms with Crippen LogP contribution in [0.25, 0.3) is 11.2 Å². The molecule has 4 heterocycles. The maximum atomic E-state index is 14.3. The van der Waals surface area contributed by atoms with Gasteiger partial charge in [-0.15, -0.1) is 0 Å². The highest BCUT2D eigenvalue weighted by Gasteiger charge is 2.55. The molecule has 5 atom stereocenters. The van der Waals surface area contributed by atoms with Crippen LogP contribution in [0.4, 0.5) is 5.95 Å². The standard InChI is InChI=1S/C46H62N7O9PSi2.C6H15N/c1-44(2,3)64(9,10)61-38-36(28-59-63(55,56)52-27-26-47-29-52)60-42(39(38)62-65(11,12)45(4,5)6)53-30-48-37-40(53)49-43(50-41(37)54)51-46(31-16-14-13-15-17-31,32-18-22-34(57-7)23-19-32)33-20-24-35(58-8)25-21-33;1-4-7(5-2)6-3/h13-27,29-30,36,38-39,42H,28H2,1-12H3,(H,55,56)(H2,49,50,51,54);4-6H2,1-3H3/t36-,38-,39-,42-;/m1./s1.